The van der Waals surface area contributed by atoms with Gasteiger partial charge in [0.25, 0.3) is 12.2 Å². The van der Waals surface area contributed by atoms with E-state index in [1.807, 2.05) is 133 Å². The number of para-hydroxylation sites is 4. The molecule has 5 heterocycles. The molecule has 10 aromatic rings. The van der Waals surface area contributed by atoms with Crippen LogP contribution < -0.4 is 124 Å². The molecule has 0 bridgehead atoms. The summed E-state index contributed by atoms with van der Waals surface area (Å²) in [6, 6.07) is 53.0. The van der Waals surface area contributed by atoms with E-state index in [1.54, 1.807) is 36.7 Å². The molecule has 5 aromatic carbocycles. The first kappa shape index (κ1) is 63.2. The summed E-state index contributed by atoms with van der Waals surface area (Å²) in [5.74, 6) is 16.4. The van der Waals surface area contributed by atoms with Gasteiger partial charge in [0.2, 0.25) is 5.52 Å². The van der Waals surface area contributed by atoms with Crippen LogP contribution in [0.15, 0.2) is 173 Å². The molecular formula is C53H43Br3K2N7O7S+. The summed E-state index contributed by atoms with van der Waals surface area (Å²) in [5, 5.41) is 17.3. The van der Waals surface area contributed by atoms with Crippen molar-refractivity contribution in [3.8, 4) is 21.5 Å². The first-order valence-electron chi connectivity index (χ1n) is 20.8. The number of carbonyl (C=O) groups is 2. The molecule has 0 aliphatic rings. The van der Waals surface area contributed by atoms with Crippen molar-refractivity contribution in [1.82, 2.24) is 19.6 Å². The summed E-state index contributed by atoms with van der Waals surface area (Å²) >= 11 is 9.48. The van der Waals surface area contributed by atoms with Gasteiger partial charge in [-0.1, -0.05) is 107 Å². The fourth-order valence-corrected chi connectivity index (χ4v) is 8.79. The Hall–Kier alpha value is -4.12. The smallest absolute Gasteiger partial charge is 1.00 e. The molecule has 20 heteroatoms. The number of carbonyl (C=O) groups excluding carboxylic acids is 2. The van der Waals surface area contributed by atoms with Gasteiger partial charge >= 0.3 is 113 Å². The van der Waals surface area contributed by atoms with Gasteiger partial charge in [0.05, 0.1) is 22.1 Å². The summed E-state index contributed by atoms with van der Waals surface area (Å²) in [7, 11) is -3.80. The van der Waals surface area contributed by atoms with E-state index in [0.717, 1.165) is 71.6 Å². The average Bonchev–Trinajstić information content (AvgIpc) is 3.78. The zero-order valence-corrected chi connectivity index (χ0v) is 51.9. The van der Waals surface area contributed by atoms with Gasteiger partial charge in [-0.2, -0.15) is 23.7 Å². The van der Waals surface area contributed by atoms with Crippen molar-refractivity contribution in [2.75, 3.05) is 5.84 Å². The number of benzene rings is 5. The SMILES string of the molecule is BrC#Cc1ccc2ccccc2n1.Brc1cc2ccc3ccccc3n2n1.Cc1cc(C)c(S(=O)(=O)ON)c(C)c1.N[n+]1c(C#CBr)ccc2ccccc21.O=CO[O-].O=Cc1ccc2ccccc2n1.[H-].[K+].[K+]. The van der Waals surface area contributed by atoms with E-state index in [2.05, 4.69) is 118 Å². The second-order valence-electron chi connectivity index (χ2n) is 14.7. The third-order valence-electron chi connectivity index (χ3n) is 9.89. The number of pyridine rings is 4. The third-order valence-corrected chi connectivity index (χ3v) is 12.1. The summed E-state index contributed by atoms with van der Waals surface area (Å²) in [6.45, 7) is 5.15. The van der Waals surface area contributed by atoms with Gasteiger partial charge in [0, 0.05) is 71.5 Å². The van der Waals surface area contributed by atoms with Crippen LogP contribution in [0.3, 0.4) is 0 Å². The van der Waals surface area contributed by atoms with E-state index in [0.29, 0.717) is 16.8 Å². The molecule has 73 heavy (non-hydrogen) atoms. The fourth-order valence-electron chi connectivity index (χ4n) is 6.99. The van der Waals surface area contributed by atoms with Gasteiger partial charge in [-0.05, 0) is 118 Å². The molecule has 0 saturated carbocycles. The fraction of sp³-hybridized carbons (Fsp3) is 0.0566. The van der Waals surface area contributed by atoms with Crippen LogP contribution in [0.25, 0.3) is 49.1 Å². The Kier molecular flexibility index (Phi) is 28.0. The van der Waals surface area contributed by atoms with Crippen LogP contribution in [0, 0.1) is 42.3 Å². The average molecular weight is 1240 g/mol. The molecule has 5 aromatic heterocycles. The van der Waals surface area contributed by atoms with Crippen molar-refractivity contribution >= 4 is 120 Å². The minimum absolute atomic E-state index is 0. The second-order valence-corrected chi connectivity index (χ2v) is 17.8. The molecule has 0 aliphatic heterocycles. The Morgan fingerprint density at radius 2 is 1.21 bits per heavy atom. The van der Waals surface area contributed by atoms with Gasteiger partial charge < -0.3 is 11.6 Å². The molecule has 0 amide bonds. The topological polar surface area (TPSA) is 209 Å². The predicted octanol–water partition coefficient (Wildman–Crippen LogP) is 3.53. The molecule has 10 rings (SSSR count). The molecule has 0 unspecified atom stereocenters. The van der Waals surface area contributed by atoms with E-state index in [9.17, 15) is 13.2 Å². The largest absolute Gasteiger partial charge is 1.00 e. The summed E-state index contributed by atoms with van der Waals surface area (Å²) < 4.78 is 31.2. The minimum atomic E-state index is -3.80. The Labute approximate surface area is 534 Å². The van der Waals surface area contributed by atoms with Crippen LogP contribution in [0.4, 0.5) is 0 Å². The van der Waals surface area contributed by atoms with Crippen LogP contribution in [0.5, 0.6) is 0 Å². The van der Waals surface area contributed by atoms with Crippen molar-refractivity contribution in [3.63, 3.8) is 0 Å². The van der Waals surface area contributed by atoms with Crippen molar-refractivity contribution in [3.05, 3.63) is 202 Å². The van der Waals surface area contributed by atoms with Crippen LogP contribution in [0.2, 0.25) is 0 Å². The van der Waals surface area contributed by atoms with E-state index >= 15 is 0 Å². The maximum Gasteiger partial charge on any atom is 1.00 e. The molecule has 360 valence electrons. The molecule has 0 aliphatic carbocycles. The minimum Gasteiger partial charge on any atom is -1.00 e. The number of hydrogen-bond donors (Lipinski definition) is 2. The van der Waals surface area contributed by atoms with Crippen LogP contribution >= 0.6 is 47.8 Å². The molecule has 14 nitrogen and oxygen atoms in total. The molecule has 4 N–H and O–H groups in total. The first-order valence-corrected chi connectivity index (χ1v) is 24.6. The number of aromatic nitrogens is 5. The molecule has 0 atom stereocenters. The first-order chi connectivity index (χ1) is 34.3. The Balaban J connectivity index is 0.000000308. The van der Waals surface area contributed by atoms with Crippen molar-refractivity contribution in [1.29, 1.82) is 0 Å². The number of hydrogen-bond acceptors (Lipinski definition) is 12. The number of fused-ring (bicyclic) bond motifs is 6. The van der Waals surface area contributed by atoms with Crippen molar-refractivity contribution in [2.45, 2.75) is 25.7 Å². The monoisotopic (exact) mass is 1240 g/mol. The third kappa shape index (κ3) is 18.6. The summed E-state index contributed by atoms with van der Waals surface area (Å²) in [6.07, 6.45) is 0.756. The zero-order chi connectivity index (χ0) is 51.3. The van der Waals surface area contributed by atoms with Crippen LogP contribution in [-0.2, 0) is 24.1 Å². The van der Waals surface area contributed by atoms with Crippen LogP contribution in [0.1, 0.15) is 40.0 Å². The predicted molar refractivity (Wildman–Crippen MR) is 287 cm³/mol. The number of nitrogens with two attached hydrogens (primary N) is 2. The molecular weight excluding hydrogens is 1200 g/mol. The molecule has 0 radical (unpaired) electrons. The zero-order valence-electron chi connectivity index (χ0n) is 41.0. The van der Waals surface area contributed by atoms with E-state index in [4.69, 9.17) is 21.8 Å². The maximum absolute atomic E-state index is 11.4. The molecule has 0 fully saturated rings. The normalized spacial score (nSPS) is 9.81. The molecule has 0 saturated heterocycles. The van der Waals surface area contributed by atoms with Gasteiger partial charge in [-0.15, -0.1) is 0 Å². The van der Waals surface area contributed by atoms with Gasteiger partial charge in [0.15, 0.2) is 6.29 Å². The Bertz CT molecular complexity index is 3720. The second kappa shape index (κ2) is 32.4. The number of nitrogens with zero attached hydrogens (tertiary/aromatic N) is 5. The molecule has 0 spiro atoms. The Morgan fingerprint density at radius 1 is 0.685 bits per heavy atom. The van der Waals surface area contributed by atoms with Crippen LogP contribution in [-0.4, -0.2) is 40.8 Å². The van der Waals surface area contributed by atoms with E-state index in [1.165, 1.54) is 5.39 Å². The van der Waals surface area contributed by atoms with E-state index < -0.39 is 10.1 Å². The number of aryl methyl sites for hydroxylation is 3. The maximum atomic E-state index is 11.4. The quantitative estimate of drug-likeness (QED) is 0.0494. The van der Waals surface area contributed by atoms with E-state index in [-0.39, 0.29) is 116 Å². The standard InChI is InChI=1S/C11H7BrN2.C11H8BrN2.C11H6BrN.C10H7NO.C9H13NO3S.CH2O3.2K.H/c12-11-7-9-6-5-8-3-1-2-4-10(8)14(9)13-11;12-8-7-10-6-5-9-3-1-2-4-11(9)14(10)13;12-8-7-10-6-5-9-3-1-2-4-11(9)13-10;12-7-9-6-5-8-3-1-2-4-10(8)11-9;1-6-4-7(2)9(8(3)5-6)14(11,12)13-10;2-1-4-3;;;/h1-7H;1-6H,13H2;1-6H;1-7H;4-5H,10H2,1-3H3;1,3H;;;/q;+1;;;;;2*+1;-1/p-1. The Morgan fingerprint density at radius 3 is 1.79 bits per heavy atom. The van der Waals surface area contributed by atoms with Gasteiger partial charge in [0.1, 0.15) is 20.9 Å². The number of rotatable bonds is 4. The van der Waals surface area contributed by atoms with Crippen molar-refractivity contribution in [2.24, 2.45) is 5.90 Å². The summed E-state index contributed by atoms with van der Waals surface area (Å²) in [4.78, 5) is 35.6. The number of halogens is 3. The van der Waals surface area contributed by atoms with Crippen molar-refractivity contribution < 1.29 is 141 Å². The summed E-state index contributed by atoms with van der Waals surface area (Å²) in [5.41, 5.74) is 9.41. The number of nitrogen functional groups attached to an aromatic ring is 1. The number of aldehydes is 1. The van der Waals surface area contributed by atoms with Gasteiger partial charge in [-0.25, -0.2) is 20.3 Å². The van der Waals surface area contributed by atoms with Gasteiger partial charge in [-0.3, -0.25) is 9.59 Å².